The number of hydrogen-bond acceptors (Lipinski definition) is 2. The molecule has 0 saturated carbocycles. The molecule has 0 radical (unpaired) electrons. The fourth-order valence-electron chi connectivity index (χ4n) is 1.47. The van der Waals surface area contributed by atoms with E-state index in [4.69, 9.17) is 4.74 Å². The van der Waals surface area contributed by atoms with Crippen molar-refractivity contribution in [3.8, 4) is 0 Å². The Morgan fingerprint density at radius 2 is 2.00 bits per heavy atom. The van der Waals surface area contributed by atoms with E-state index in [9.17, 15) is 4.79 Å². The van der Waals surface area contributed by atoms with Crippen molar-refractivity contribution in [2.24, 2.45) is 5.41 Å². The highest BCUT2D eigenvalue weighted by atomic mass is 79.9. The van der Waals surface area contributed by atoms with Crippen LogP contribution in [0.25, 0.3) is 5.76 Å². The van der Waals surface area contributed by atoms with E-state index < -0.39 is 5.41 Å². The van der Waals surface area contributed by atoms with Crippen LogP contribution in [0.5, 0.6) is 0 Å². The van der Waals surface area contributed by atoms with E-state index >= 15 is 0 Å². The summed E-state index contributed by atoms with van der Waals surface area (Å²) in [6, 6.07) is 7.62. The molecule has 0 amide bonds. The maximum absolute atomic E-state index is 11.6. The van der Waals surface area contributed by atoms with Crippen LogP contribution >= 0.6 is 15.9 Å². The Hall–Kier alpha value is -1.35. The predicted octanol–water partition coefficient (Wildman–Crippen LogP) is 3.54. The molecule has 1 aliphatic rings. The molecule has 1 aliphatic heterocycles. The first-order chi connectivity index (χ1) is 7.55. The van der Waals surface area contributed by atoms with E-state index in [1.807, 2.05) is 24.3 Å². The molecule has 0 bridgehead atoms. The van der Waals surface area contributed by atoms with Gasteiger partial charge in [-0.3, -0.25) is 4.79 Å². The van der Waals surface area contributed by atoms with E-state index in [2.05, 4.69) is 22.5 Å². The van der Waals surface area contributed by atoms with Crippen molar-refractivity contribution in [2.45, 2.75) is 6.92 Å². The fourth-order valence-corrected chi connectivity index (χ4v) is 1.73. The average molecular weight is 279 g/mol. The van der Waals surface area contributed by atoms with Crippen molar-refractivity contribution in [1.29, 1.82) is 0 Å². The van der Waals surface area contributed by atoms with Crippen LogP contribution in [0.3, 0.4) is 0 Å². The third kappa shape index (κ3) is 1.83. The summed E-state index contributed by atoms with van der Waals surface area (Å²) in [5.41, 5.74) is 0.185. The van der Waals surface area contributed by atoms with Gasteiger partial charge in [-0.25, -0.2) is 0 Å². The molecule has 0 aromatic heterocycles. The Bertz CT molecular complexity index is 473. The van der Waals surface area contributed by atoms with Crippen molar-refractivity contribution in [1.82, 2.24) is 0 Å². The minimum Gasteiger partial charge on any atom is -0.425 e. The lowest BCUT2D eigenvalue weighted by Gasteiger charge is -2.09. The zero-order valence-electron chi connectivity index (χ0n) is 8.87. The zero-order valence-corrected chi connectivity index (χ0v) is 10.5. The number of hydrogen-bond donors (Lipinski definition) is 0. The largest absolute Gasteiger partial charge is 0.425 e. The second-order valence-electron chi connectivity index (χ2n) is 3.89. The van der Waals surface area contributed by atoms with Gasteiger partial charge in [-0.2, -0.15) is 0 Å². The third-order valence-corrected chi connectivity index (χ3v) is 3.15. The molecule has 2 rings (SSSR count). The molecular formula is C13H11BrO2. The standard InChI is InChI=1S/C13H11BrO2/c1-3-13(2)8-11(16-12(13)15)9-4-6-10(14)7-5-9/h3-8H,1H2,2H3/t13-/m0/s1. The number of carbonyl (C=O) groups is 1. The predicted molar refractivity (Wildman–Crippen MR) is 66.5 cm³/mol. The van der Waals surface area contributed by atoms with Gasteiger partial charge in [-0.1, -0.05) is 34.1 Å². The Kier molecular flexibility index (Phi) is 2.72. The van der Waals surface area contributed by atoms with Gasteiger partial charge in [0.2, 0.25) is 0 Å². The van der Waals surface area contributed by atoms with Gasteiger partial charge in [-0.15, -0.1) is 6.58 Å². The molecule has 0 saturated heterocycles. The highest BCUT2D eigenvalue weighted by Crippen LogP contribution is 2.36. The van der Waals surface area contributed by atoms with Gasteiger partial charge in [0.15, 0.2) is 0 Å². The van der Waals surface area contributed by atoms with Crippen LogP contribution < -0.4 is 0 Å². The van der Waals surface area contributed by atoms with Gasteiger partial charge in [0.05, 0.1) is 0 Å². The van der Waals surface area contributed by atoms with Gasteiger partial charge in [0.1, 0.15) is 11.2 Å². The quantitative estimate of drug-likeness (QED) is 0.611. The van der Waals surface area contributed by atoms with Crippen molar-refractivity contribution in [3.05, 3.63) is 53.0 Å². The van der Waals surface area contributed by atoms with E-state index in [1.54, 1.807) is 19.1 Å². The molecule has 0 spiro atoms. The van der Waals surface area contributed by atoms with Crippen molar-refractivity contribution in [2.75, 3.05) is 0 Å². The maximum atomic E-state index is 11.6. The minimum atomic E-state index is -0.706. The summed E-state index contributed by atoms with van der Waals surface area (Å²) in [5.74, 6) is 0.320. The second kappa shape index (κ2) is 3.91. The fraction of sp³-hybridized carbons (Fsp3) is 0.154. The summed E-state index contributed by atoms with van der Waals surface area (Å²) in [4.78, 5) is 11.6. The van der Waals surface area contributed by atoms with Crippen LogP contribution in [-0.2, 0) is 9.53 Å². The Labute approximate surface area is 103 Å². The Morgan fingerprint density at radius 3 is 2.50 bits per heavy atom. The van der Waals surface area contributed by atoms with E-state index in [1.165, 1.54) is 0 Å². The summed E-state index contributed by atoms with van der Waals surface area (Å²) < 4.78 is 6.22. The van der Waals surface area contributed by atoms with Gasteiger partial charge in [0.25, 0.3) is 0 Å². The van der Waals surface area contributed by atoms with Crippen molar-refractivity contribution in [3.63, 3.8) is 0 Å². The summed E-state index contributed by atoms with van der Waals surface area (Å²) in [6.07, 6.45) is 3.40. The molecule has 1 aromatic rings. The summed E-state index contributed by atoms with van der Waals surface area (Å²) in [5, 5.41) is 0. The third-order valence-electron chi connectivity index (χ3n) is 2.63. The molecule has 1 aromatic carbocycles. The average Bonchev–Trinajstić information content (AvgIpc) is 2.57. The maximum Gasteiger partial charge on any atom is 0.325 e. The zero-order chi connectivity index (χ0) is 11.8. The molecule has 2 nitrogen and oxygen atoms in total. The van der Waals surface area contributed by atoms with Crippen LogP contribution in [0.4, 0.5) is 0 Å². The Morgan fingerprint density at radius 1 is 1.38 bits per heavy atom. The van der Waals surface area contributed by atoms with Gasteiger partial charge in [-0.05, 0) is 25.1 Å². The first kappa shape index (κ1) is 11.1. The highest BCUT2D eigenvalue weighted by Gasteiger charge is 2.37. The van der Waals surface area contributed by atoms with E-state index in [0.29, 0.717) is 5.76 Å². The van der Waals surface area contributed by atoms with Crippen molar-refractivity contribution < 1.29 is 9.53 Å². The van der Waals surface area contributed by atoms with Crippen LogP contribution in [0.1, 0.15) is 12.5 Å². The number of carbonyl (C=O) groups excluding carboxylic acids is 1. The number of cyclic esters (lactones) is 1. The number of ether oxygens (including phenoxy) is 1. The van der Waals surface area contributed by atoms with E-state index in [-0.39, 0.29) is 5.97 Å². The molecular weight excluding hydrogens is 268 g/mol. The molecule has 82 valence electrons. The number of esters is 1. The summed E-state index contributed by atoms with van der Waals surface area (Å²) in [6.45, 7) is 5.44. The molecule has 0 unspecified atom stereocenters. The van der Waals surface area contributed by atoms with Crippen LogP contribution in [0, 0.1) is 5.41 Å². The first-order valence-corrected chi connectivity index (χ1v) is 5.69. The monoisotopic (exact) mass is 278 g/mol. The molecule has 0 N–H and O–H groups in total. The van der Waals surface area contributed by atoms with Gasteiger partial charge < -0.3 is 4.74 Å². The first-order valence-electron chi connectivity index (χ1n) is 4.90. The Balaban J connectivity index is 2.38. The van der Waals surface area contributed by atoms with Crippen LogP contribution in [-0.4, -0.2) is 5.97 Å². The molecule has 0 aliphatic carbocycles. The highest BCUT2D eigenvalue weighted by molar-refractivity contribution is 9.10. The molecule has 3 heteroatoms. The van der Waals surface area contributed by atoms with E-state index in [0.717, 1.165) is 10.0 Å². The lowest BCUT2D eigenvalue weighted by Crippen LogP contribution is -2.18. The molecule has 16 heavy (non-hydrogen) atoms. The lowest BCUT2D eigenvalue weighted by molar-refractivity contribution is -0.140. The lowest BCUT2D eigenvalue weighted by atomic mass is 9.91. The van der Waals surface area contributed by atoms with Gasteiger partial charge >= 0.3 is 5.97 Å². The SMILES string of the molecule is C=C[C@@]1(C)C=C(c2ccc(Br)cc2)OC1=O. The molecule has 1 atom stereocenters. The minimum absolute atomic E-state index is 0.277. The van der Waals surface area contributed by atoms with Crippen LogP contribution in [0.2, 0.25) is 0 Å². The van der Waals surface area contributed by atoms with Crippen molar-refractivity contribution >= 4 is 27.7 Å². The topological polar surface area (TPSA) is 26.3 Å². The number of rotatable bonds is 2. The normalized spacial score (nSPS) is 23.9. The number of benzene rings is 1. The smallest absolute Gasteiger partial charge is 0.325 e. The number of halogens is 1. The van der Waals surface area contributed by atoms with Crippen LogP contribution in [0.15, 0.2) is 47.5 Å². The summed E-state index contributed by atoms with van der Waals surface area (Å²) >= 11 is 3.36. The molecule has 0 fully saturated rings. The summed E-state index contributed by atoms with van der Waals surface area (Å²) in [7, 11) is 0. The molecule has 1 heterocycles. The second-order valence-corrected chi connectivity index (χ2v) is 4.81. The van der Waals surface area contributed by atoms with Gasteiger partial charge in [0, 0.05) is 10.0 Å².